The number of anilines is 1. The molecule has 1 saturated carbocycles. The maximum atomic E-state index is 4.57. The summed E-state index contributed by atoms with van der Waals surface area (Å²) in [6, 6.07) is 12.9. The van der Waals surface area contributed by atoms with E-state index in [4.69, 9.17) is 0 Å². The van der Waals surface area contributed by atoms with Gasteiger partial charge >= 0.3 is 0 Å². The van der Waals surface area contributed by atoms with Crippen molar-refractivity contribution in [1.29, 1.82) is 0 Å². The maximum absolute atomic E-state index is 4.57. The predicted octanol–water partition coefficient (Wildman–Crippen LogP) is 2.75. The smallest absolute Gasteiger partial charge is 0.178 e. The van der Waals surface area contributed by atoms with Crippen molar-refractivity contribution >= 4 is 11.5 Å². The van der Waals surface area contributed by atoms with Crippen LogP contribution in [-0.2, 0) is 11.8 Å². The largest absolute Gasteiger partial charge is 0.368 e. The second-order valence-corrected chi connectivity index (χ2v) is 6.83. The van der Waals surface area contributed by atoms with E-state index in [1.807, 2.05) is 19.1 Å². The summed E-state index contributed by atoms with van der Waals surface area (Å²) < 4.78 is 1.79. The molecule has 2 atom stereocenters. The molecule has 1 spiro atoms. The van der Waals surface area contributed by atoms with Crippen LogP contribution in [0.4, 0.5) is 5.82 Å². The first-order valence-electron chi connectivity index (χ1n) is 8.28. The van der Waals surface area contributed by atoms with E-state index in [1.54, 1.807) is 15.6 Å². The van der Waals surface area contributed by atoms with Crippen molar-refractivity contribution in [2.75, 3.05) is 11.9 Å². The predicted molar refractivity (Wildman–Crippen MR) is 88.6 cm³/mol. The minimum Gasteiger partial charge on any atom is -0.368 e. The molecule has 1 aromatic carbocycles. The van der Waals surface area contributed by atoms with Crippen LogP contribution in [0.3, 0.4) is 0 Å². The molecule has 2 heterocycles. The summed E-state index contributed by atoms with van der Waals surface area (Å²) in [5.41, 5.74) is 4.36. The van der Waals surface area contributed by atoms with Gasteiger partial charge in [0.1, 0.15) is 5.82 Å². The molecule has 0 bridgehead atoms. The number of benzene rings is 1. The lowest BCUT2D eigenvalue weighted by Gasteiger charge is -2.12. The summed E-state index contributed by atoms with van der Waals surface area (Å²) in [7, 11) is 0. The van der Waals surface area contributed by atoms with Crippen LogP contribution in [-0.4, -0.2) is 26.4 Å². The third kappa shape index (κ3) is 1.89. The van der Waals surface area contributed by atoms with Crippen molar-refractivity contribution in [1.82, 2.24) is 19.8 Å². The maximum Gasteiger partial charge on any atom is 0.178 e. The SMILES string of the molecule is Cc1nnc2ccc(NC[C@H]3C[C@]34CCc3ccccc34)nn12. The van der Waals surface area contributed by atoms with Crippen molar-refractivity contribution in [3.63, 3.8) is 0 Å². The van der Waals surface area contributed by atoms with Crippen LogP contribution < -0.4 is 5.32 Å². The normalized spacial score (nSPS) is 25.0. The summed E-state index contributed by atoms with van der Waals surface area (Å²) in [5.74, 6) is 2.43. The number of nitrogens with one attached hydrogen (secondary N) is 1. The van der Waals surface area contributed by atoms with Gasteiger partial charge in [0.25, 0.3) is 0 Å². The van der Waals surface area contributed by atoms with Gasteiger partial charge in [0.2, 0.25) is 0 Å². The second kappa shape index (κ2) is 4.54. The average molecular weight is 305 g/mol. The molecule has 0 unspecified atom stereocenters. The highest BCUT2D eigenvalue weighted by atomic mass is 15.4. The summed E-state index contributed by atoms with van der Waals surface area (Å²) in [6.45, 7) is 2.90. The molecule has 0 amide bonds. The van der Waals surface area contributed by atoms with Crippen LogP contribution in [0.25, 0.3) is 5.65 Å². The minimum atomic E-state index is 0.431. The molecule has 5 heteroatoms. The third-order valence-electron chi connectivity index (χ3n) is 5.57. The lowest BCUT2D eigenvalue weighted by molar-refractivity contribution is 0.609. The number of aryl methyl sites for hydroxylation is 2. The zero-order valence-corrected chi connectivity index (χ0v) is 13.2. The molecule has 5 nitrogen and oxygen atoms in total. The first kappa shape index (κ1) is 13.0. The van der Waals surface area contributed by atoms with E-state index in [-0.39, 0.29) is 0 Å². The molecule has 116 valence electrons. The molecule has 0 aliphatic heterocycles. The number of aromatic nitrogens is 4. The summed E-state index contributed by atoms with van der Waals surface area (Å²) in [6.07, 6.45) is 3.83. The molecule has 1 fully saturated rings. The molecule has 3 aromatic rings. The fraction of sp³-hybridized carbons (Fsp3) is 0.389. The lowest BCUT2D eigenvalue weighted by Crippen LogP contribution is -2.14. The summed E-state index contributed by atoms with van der Waals surface area (Å²) in [5, 5.41) is 16.2. The minimum absolute atomic E-state index is 0.431. The van der Waals surface area contributed by atoms with Gasteiger partial charge in [-0.1, -0.05) is 24.3 Å². The average Bonchev–Trinajstić information content (AvgIpc) is 2.99. The molecule has 1 N–H and O–H groups in total. The van der Waals surface area contributed by atoms with E-state index >= 15 is 0 Å². The Hall–Kier alpha value is -2.43. The van der Waals surface area contributed by atoms with Gasteiger partial charge in [-0.3, -0.25) is 0 Å². The molecule has 23 heavy (non-hydrogen) atoms. The van der Waals surface area contributed by atoms with Crippen molar-refractivity contribution < 1.29 is 0 Å². The highest BCUT2D eigenvalue weighted by Crippen LogP contribution is 2.61. The van der Waals surface area contributed by atoms with E-state index in [9.17, 15) is 0 Å². The van der Waals surface area contributed by atoms with Gasteiger partial charge in [-0.15, -0.1) is 15.3 Å². The number of nitrogens with zero attached hydrogens (tertiary/aromatic N) is 4. The highest BCUT2D eigenvalue weighted by molar-refractivity contribution is 5.47. The Kier molecular flexibility index (Phi) is 2.57. The van der Waals surface area contributed by atoms with Crippen LogP contribution in [0, 0.1) is 12.8 Å². The van der Waals surface area contributed by atoms with Crippen molar-refractivity contribution in [3.8, 4) is 0 Å². The molecular weight excluding hydrogens is 286 g/mol. The second-order valence-electron chi connectivity index (χ2n) is 6.83. The number of hydrogen-bond donors (Lipinski definition) is 1. The molecule has 0 radical (unpaired) electrons. The molecule has 2 aromatic heterocycles. The topological polar surface area (TPSA) is 55.1 Å². The van der Waals surface area contributed by atoms with Crippen molar-refractivity contribution in [2.45, 2.75) is 31.6 Å². The zero-order chi connectivity index (χ0) is 15.4. The van der Waals surface area contributed by atoms with Crippen LogP contribution >= 0.6 is 0 Å². The lowest BCUT2D eigenvalue weighted by atomic mass is 9.95. The Morgan fingerprint density at radius 2 is 2.13 bits per heavy atom. The Morgan fingerprint density at radius 1 is 1.22 bits per heavy atom. The van der Waals surface area contributed by atoms with Gasteiger partial charge in [0.05, 0.1) is 0 Å². The third-order valence-corrected chi connectivity index (χ3v) is 5.57. The van der Waals surface area contributed by atoms with Gasteiger partial charge in [-0.05, 0) is 55.4 Å². The van der Waals surface area contributed by atoms with E-state index in [0.717, 1.165) is 23.8 Å². The van der Waals surface area contributed by atoms with E-state index in [0.29, 0.717) is 11.3 Å². The number of fused-ring (bicyclic) bond motifs is 3. The fourth-order valence-electron chi connectivity index (χ4n) is 4.22. The molecular formula is C18H19N5. The van der Waals surface area contributed by atoms with E-state index in [1.165, 1.54) is 19.3 Å². The van der Waals surface area contributed by atoms with Crippen LogP contribution in [0.2, 0.25) is 0 Å². The fourth-order valence-corrected chi connectivity index (χ4v) is 4.22. The summed E-state index contributed by atoms with van der Waals surface area (Å²) in [4.78, 5) is 0. The molecule has 5 rings (SSSR count). The quantitative estimate of drug-likeness (QED) is 0.808. The monoisotopic (exact) mass is 305 g/mol. The van der Waals surface area contributed by atoms with Gasteiger partial charge < -0.3 is 5.32 Å². The number of rotatable bonds is 3. The Bertz CT molecular complexity index is 899. The molecule has 2 aliphatic carbocycles. The van der Waals surface area contributed by atoms with E-state index < -0.39 is 0 Å². The first-order valence-corrected chi connectivity index (χ1v) is 8.28. The van der Waals surface area contributed by atoms with Gasteiger partial charge in [-0.2, -0.15) is 4.52 Å². The zero-order valence-electron chi connectivity index (χ0n) is 13.2. The molecule has 0 saturated heterocycles. The Labute approximate surface area is 134 Å². The number of hydrogen-bond acceptors (Lipinski definition) is 4. The van der Waals surface area contributed by atoms with Crippen molar-refractivity contribution in [2.24, 2.45) is 5.92 Å². The first-order chi connectivity index (χ1) is 11.3. The van der Waals surface area contributed by atoms with Gasteiger partial charge in [0, 0.05) is 12.0 Å². The standard InChI is InChI=1S/C18H19N5/c1-12-20-21-17-7-6-16(22-23(12)17)19-11-14-10-18(14)9-8-13-4-2-3-5-15(13)18/h2-7,14H,8-11H2,1H3,(H,19,22)/t14-,18-/m1/s1. The van der Waals surface area contributed by atoms with Crippen LogP contribution in [0.1, 0.15) is 29.8 Å². The van der Waals surface area contributed by atoms with Crippen LogP contribution in [0.15, 0.2) is 36.4 Å². The van der Waals surface area contributed by atoms with Gasteiger partial charge in [-0.25, -0.2) is 0 Å². The Balaban J connectivity index is 1.33. The van der Waals surface area contributed by atoms with Gasteiger partial charge in [0.15, 0.2) is 11.5 Å². The van der Waals surface area contributed by atoms with Crippen LogP contribution in [0.5, 0.6) is 0 Å². The van der Waals surface area contributed by atoms with E-state index in [2.05, 4.69) is 44.9 Å². The summed E-state index contributed by atoms with van der Waals surface area (Å²) >= 11 is 0. The molecule has 2 aliphatic rings. The van der Waals surface area contributed by atoms with Crippen molar-refractivity contribution in [3.05, 3.63) is 53.3 Å². The highest BCUT2D eigenvalue weighted by Gasteiger charge is 2.57. The Morgan fingerprint density at radius 3 is 3.09 bits per heavy atom.